The van der Waals surface area contributed by atoms with E-state index in [0.717, 1.165) is 10.2 Å². The highest BCUT2D eigenvalue weighted by Crippen LogP contribution is 2.21. The van der Waals surface area contributed by atoms with Crippen LogP contribution in [0.4, 0.5) is 5.69 Å². The SMILES string of the molecule is N#Cc1ccc(NC(=O)c2cc3sccc3[nH]2)cc1. The summed E-state index contributed by atoms with van der Waals surface area (Å²) in [5.74, 6) is -0.187. The molecule has 19 heavy (non-hydrogen) atoms. The van der Waals surface area contributed by atoms with E-state index in [2.05, 4.69) is 10.3 Å². The molecule has 0 fully saturated rings. The molecule has 3 aromatic rings. The van der Waals surface area contributed by atoms with E-state index >= 15 is 0 Å². The highest BCUT2D eigenvalue weighted by molar-refractivity contribution is 7.17. The van der Waals surface area contributed by atoms with Gasteiger partial charge in [-0.15, -0.1) is 11.3 Å². The number of nitrogens with one attached hydrogen (secondary N) is 2. The summed E-state index contributed by atoms with van der Waals surface area (Å²) in [6.07, 6.45) is 0. The van der Waals surface area contributed by atoms with Crippen molar-refractivity contribution in [2.45, 2.75) is 0 Å². The Morgan fingerprint density at radius 1 is 1.26 bits per heavy atom. The zero-order valence-electron chi connectivity index (χ0n) is 9.81. The lowest BCUT2D eigenvalue weighted by molar-refractivity contribution is 0.102. The first-order valence-corrected chi connectivity index (χ1v) is 6.52. The van der Waals surface area contributed by atoms with Crippen LogP contribution in [0.1, 0.15) is 16.1 Å². The molecule has 0 bridgehead atoms. The summed E-state index contributed by atoms with van der Waals surface area (Å²) < 4.78 is 1.06. The molecule has 0 saturated heterocycles. The highest BCUT2D eigenvalue weighted by Gasteiger charge is 2.10. The molecule has 2 aromatic heterocycles. The van der Waals surface area contributed by atoms with Crippen LogP contribution in [0.3, 0.4) is 0 Å². The molecule has 0 aliphatic carbocycles. The van der Waals surface area contributed by atoms with Gasteiger partial charge in [-0.2, -0.15) is 5.26 Å². The molecule has 2 heterocycles. The number of aromatic amines is 1. The first kappa shape index (κ1) is 11.5. The van der Waals surface area contributed by atoms with Crippen molar-refractivity contribution < 1.29 is 4.79 Å². The number of H-pyrrole nitrogens is 1. The van der Waals surface area contributed by atoms with Crippen molar-refractivity contribution in [2.24, 2.45) is 0 Å². The quantitative estimate of drug-likeness (QED) is 0.747. The Labute approximate surface area is 113 Å². The van der Waals surface area contributed by atoms with Crippen LogP contribution in [0.5, 0.6) is 0 Å². The average Bonchev–Trinajstić information content (AvgIpc) is 3.00. The van der Waals surface area contributed by atoms with Crippen LogP contribution >= 0.6 is 11.3 Å². The number of rotatable bonds is 2. The van der Waals surface area contributed by atoms with Gasteiger partial charge in [0, 0.05) is 5.69 Å². The van der Waals surface area contributed by atoms with Crippen LogP contribution in [0.15, 0.2) is 41.8 Å². The van der Waals surface area contributed by atoms with Crippen molar-refractivity contribution >= 4 is 33.1 Å². The molecule has 4 nitrogen and oxygen atoms in total. The number of anilines is 1. The third-order valence-electron chi connectivity index (χ3n) is 2.76. The predicted octanol–water partition coefficient (Wildman–Crippen LogP) is 3.35. The molecule has 0 atom stereocenters. The first-order valence-electron chi connectivity index (χ1n) is 5.64. The standard InChI is InChI=1S/C14H9N3OS/c15-8-9-1-3-10(4-2-9)16-14(18)12-7-13-11(17-12)5-6-19-13/h1-7,17H,(H,16,18). The second-order valence-electron chi connectivity index (χ2n) is 4.02. The van der Waals surface area contributed by atoms with Gasteiger partial charge in [0.2, 0.25) is 0 Å². The zero-order chi connectivity index (χ0) is 13.2. The van der Waals surface area contributed by atoms with Crippen LogP contribution in [-0.2, 0) is 0 Å². The number of nitrogens with zero attached hydrogens (tertiary/aromatic N) is 1. The highest BCUT2D eigenvalue weighted by atomic mass is 32.1. The van der Waals surface area contributed by atoms with Gasteiger partial charge in [-0.3, -0.25) is 4.79 Å². The second kappa shape index (κ2) is 4.59. The number of hydrogen-bond donors (Lipinski definition) is 2. The molecule has 0 aliphatic rings. The number of amides is 1. The maximum atomic E-state index is 12.0. The van der Waals surface area contributed by atoms with E-state index in [0.29, 0.717) is 16.9 Å². The molecule has 1 aromatic carbocycles. The van der Waals surface area contributed by atoms with Crippen LogP contribution in [0, 0.1) is 11.3 Å². The van der Waals surface area contributed by atoms with E-state index in [4.69, 9.17) is 5.26 Å². The van der Waals surface area contributed by atoms with Crippen molar-refractivity contribution in [1.29, 1.82) is 5.26 Å². The fourth-order valence-electron chi connectivity index (χ4n) is 1.80. The Kier molecular flexibility index (Phi) is 2.78. The predicted molar refractivity (Wildman–Crippen MR) is 75.3 cm³/mol. The van der Waals surface area contributed by atoms with Crippen molar-refractivity contribution in [3.63, 3.8) is 0 Å². The minimum Gasteiger partial charge on any atom is -0.350 e. The van der Waals surface area contributed by atoms with Crippen molar-refractivity contribution in [3.05, 3.63) is 53.0 Å². The third-order valence-corrected chi connectivity index (χ3v) is 3.62. The topological polar surface area (TPSA) is 68.7 Å². The zero-order valence-corrected chi connectivity index (χ0v) is 10.6. The summed E-state index contributed by atoms with van der Waals surface area (Å²) in [5.41, 5.74) is 2.74. The minimum absolute atomic E-state index is 0.187. The van der Waals surface area contributed by atoms with E-state index in [1.54, 1.807) is 35.6 Å². The van der Waals surface area contributed by atoms with Crippen LogP contribution in [0.2, 0.25) is 0 Å². The van der Waals surface area contributed by atoms with Crippen molar-refractivity contribution in [2.75, 3.05) is 5.32 Å². The lowest BCUT2D eigenvalue weighted by atomic mass is 10.2. The van der Waals surface area contributed by atoms with E-state index in [9.17, 15) is 4.79 Å². The lowest BCUT2D eigenvalue weighted by Crippen LogP contribution is -2.12. The number of hydrogen-bond acceptors (Lipinski definition) is 3. The van der Waals surface area contributed by atoms with E-state index in [-0.39, 0.29) is 5.91 Å². The van der Waals surface area contributed by atoms with Crippen LogP contribution in [-0.4, -0.2) is 10.9 Å². The summed E-state index contributed by atoms with van der Waals surface area (Å²) >= 11 is 1.59. The second-order valence-corrected chi connectivity index (χ2v) is 4.97. The van der Waals surface area contributed by atoms with Gasteiger partial charge in [0.15, 0.2) is 0 Å². The Morgan fingerprint density at radius 2 is 2.05 bits per heavy atom. The molecule has 1 amide bonds. The largest absolute Gasteiger partial charge is 0.350 e. The van der Waals surface area contributed by atoms with Gasteiger partial charge in [-0.05, 0) is 41.8 Å². The Bertz CT molecular complexity index is 748. The molecule has 92 valence electrons. The van der Waals surface area contributed by atoms with Gasteiger partial charge in [-0.1, -0.05) is 0 Å². The number of thiophene rings is 1. The number of carbonyl (C=O) groups is 1. The number of aromatic nitrogens is 1. The molecule has 0 unspecified atom stereocenters. The summed E-state index contributed by atoms with van der Waals surface area (Å²) in [4.78, 5) is 15.1. The number of benzene rings is 1. The van der Waals surface area contributed by atoms with Crippen molar-refractivity contribution in [3.8, 4) is 6.07 Å². The number of nitriles is 1. The molecule has 0 radical (unpaired) electrons. The number of fused-ring (bicyclic) bond motifs is 1. The lowest BCUT2D eigenvalue weighted by Gasteiger charge is -2.03. The van der Waals surface area contributed by atoms with Gasteiger partial charge >= 0.3 is 0 Å². The fraction of sp³-hybridized carbons (Fsp3) is 0. The van der Waals surface area contributed by atoms with Crippen molar-refractivity contribution in [1.82, 2.24) is 4.98 Å². The third kappa shape index (κ3) is 2.21. The molecule has 2 N–H and O–H groups in total. The Balaban J connectivity index is 1.80. The monoisotopic (exact) mass is 267 g/mol. The van der Waals surface area contributed by atoms with E-state index < -0.39 is 0 Å². The van der Waals surface area contributed by atoms with Gasteiger partial charge < -0.3 is 10.3 Å². The summed E-state index contributed by atoms with van der Waals surface area (Å²) in [7, 11) is 0. The van der Waals surface area contributed by atoms with E-state index in [1.165, 1.54) is 0 Å². The maximum Gasteiger partial charge on any atom is 0.272 e. The van der Waals surface area contributed by atoms with Gasteiger partial charge in [0.25, 0.3) is 5.91 Å². The summed E-state index contributed by atoms with van der Waals surface area (Å²) in [5, 5.41) is 13.5. The molecular formula is C14H9N3OS. The molecule has 0 spiro atoms. The van der Waals surface area contributed by atoms with Gasteiger partial charge in [-0.25, -0.2) is 0 Å². The maximum absolute atomic E-state index is 12.0. The smallest absolute Gasteiger partial charge is 0.272 e. The normalized spacial score (nSPS) is 10.3. The molecule has 3 rings (SSSR count). The Hall–Kier alpha value is -2.58. The first-order chi connectivity index (χ1) is 9.26. The summed E-state index contributed by atoms with van der Waals surface area (Å²) in [6.45, 7) is 0. The Morgan fingerprint density at radius 3 is 2.74 bits per heavy atom. The fourth-order valence-corrected chi connectivity index (χ4v) is 2.58. The molecule has 5 heteroatoms. The van der Waals surface area contributed by atoms with Crippen LogP contribution < -0.4 is 5.32 Å². The van der Waals surface area contributed by atoms with Gasteiger partial charge in [0.1, 0.15) is 5.69 Å². The van der Waals surface area contributed by atoms with Gasteiger partial charge in [0.05, 0.1) is 21.8 Å². The van der Waals surface area contributed by atoms with E-state index in [1.807, 2.05) is 23.6 Å². The molecule has 0 aliphatic heterocycles. The molecular weight excluding hydrogens is 258 g/mol. The summed E-state index contributed by atoms with van der Waals surface area (Å²) in [6, 6.07) is 12.6. The average molecular weight is 267 g/mol. The molecule has 0 saturated carbocycles. The van der Waals surface area contributed by atoms with Crippen LogP contribution in [0.25, 0.3) is 10.2 Å². The minimum atomic E-state index is -0.187. The number of carbonyl (C=O) groups excluding carboxylic acids is 1.